The van der Waals surface area contributed by atoms with Gasteiger partial charge in [0, 0.05) is 26.1 Å². The van der Waals surface area contributed by atoms with Crippen molar-refractivity contribution in [3.63, 3.8) is 0 Å². The number of rotatable bonds is 5. The van der Waals surface area contributed by atoms with Gasteiger partial charge in [-0.05, 0) is 42.9 Å². The maximum absolute atomic E-state index is 12.8. The minimum absolute atomic E-state index is 0.0616. The minimum Gasteiger partial charge on any atom is -0.356 e. The summed E-state index contributed by atoms with van der Waals surface area (Å²) in [5, 5.41) is 2.92. The van der Waals surface area contributed by atoms with Crippen LogP contribution in [-0.2, 0) is 22.3 Å². The molecule has 2 aliphatic rings. The highest BCUT2D eigenvalue weighted by Crippen LogP contribution is 2.30. The van der Waals surface area contributed by atoms with Gasteiger partial charge in [0.2, 0.25) is 11.8 Å². The zero-order valence-corrected chi connectivity index (χ0v) is 13.8. The lowest BCUT2D eigenvalue weighted by Crippen LogP contribution is -2.45. The normalized spacial score (nSPS) is 21.3. The second kappa shape index (κ2) is 7.06. The van der Waals surface area contributed by atoms with Crippen molar-refractivity contribution < 1.29 is 22.8 Å². The highest BCUT2D eigenvalue weighted by molar-refractivity contribution is 5.83. The number of carbonyl (C=O) groups is 2. The summed E-state index contributed by atoms with van der Waals surface area (Å²) in [7, 11) is 0. The molecule has 0 spiro atoms. The number of nitrogens with zero attached hydrogens (tertiary/aromatic N) is 1. The summed E-state index contributed by atoms with van der Waals surface area (Å²) in [6.07, 6.45) is -1.38. The van der Waals surface area contributed by atoms with Crippen LogP contribution in [-0.4, -0.2) is 29.8 Å². The largest absolute Gasteiger partial charge is 0.416 e. The van der Waals surface area contributed by atoms with E-state index in [9.17, 15) is 22.8 Å². The molecule has 1 heterocycles. The molecule has 2 fully saturated rings. The molecule has 1 aliphatic carbocycles. The van der Waals surface area contributed by atoms with Gasteiger partial charge in [-0.15, -0.1) is 0 Å². The Kier molecular flexibility index (Phi) is 5.01. The summed E-state index contributed by atoms with van der Waals surface area (Å²) >= 11 is 0. The average molecular weight is 354 g/mol. The van der Waals surface area contributed by atoms with Crippen molar-refractivity contribution in [3.05, 3.63) is 35.4 Å². The lowest BCUT2D eigenvalue weighted by molar-refractivity contribution is -0.139. The number of likely N-dealkylation sites (tertiary alicyclic amines) is 1. The first-order valence-corrected chi connectivity index (χ1v) is 8.54. The Morgan fingerprint density at radius 3 is 2.68 bits per heavy atom. The molecule has 1 unspecified atom stereocenters. The second-order valence-electron chi connectivity index (χ2n) is 6.90. The summed E-state index contributed by atoms with van der Waals surface area (Å²) in [5.74, 6) is 0.106. The Balaban J connectivity index is 1.62. The Hall–Kier alpha value is -2.05. The van der Waals surface area contributed by atoms with Gasteiger partial charge >= 0.3 is 6.18 Å². The van der Waals surface area contributed by atoms with Gasteiger partial charge in [0.15, 0.2) is 0 Å². The first-order chi connectivity index (χ1) is 11.8. The number of amides is 2. The van der Waals surface area contributed by atoms with Crippen LogP contribution in [0.4, 0.5) is 13.2 Å². The van der Waals surface area contributed by atoms with Crippen molar-refractivity contribution in [1.82, 2.24) is 10.2 Å². The first-order valence-electron chi connectivity index (χ1n) is 8.54. The molecule has 1 aliphatic heterocycles. The van der Waals surface area contributed by atoms with Crippen LogP contribution >= 0.6 is 0 Å². The van der Waals surface area contributed by atoms with Gasteiger partial charge < -0.3 is 10.2 Å². The van der Waals surface area contributed by atoms with E-state index >= 15 is 0 Å². The van der Waals surface area contributed by atoms with E-state index in [1.165, 1.54) is 11.0 Å². The second-order valence-corrected chi connectivity index (χ2v) is 6.90. The number of halogens is 3. The fourth-order valence-corrected chi connectivity index (χ4v) is 3.06. The summed E-state index contributed by atoms with van der Waals surface area (Å²) < 4.78 is 38.4. The van der Waals surface area contributed by atoms with Gasteiger partial charge in [-0.2, -0.15) is 13.2 Å². The third-order valence-electron chi connectivity index (χ3n) is 4.76. The molecule has 136 valence electrons. The number of hydrogen-bond acceptors (Lipinski definition) is 2. The van der Waals surface area contributed by atoms with Crippen molar-refractivity contribution in [3.8, 4) is 0 Å². The van der Waals surface area contributed by atoms with E-state index in [-0.39, 0.29) is 37.2 Å². The van der Waals surface area contributed by atoms with E-state index in [2.05, 4.69) is 5.32 Å². The van der Waals surface area contributed by atoms with E-state index in [1.54, 1.807) is 6.07 Å². The van der Waals surface area contributed by atoms with Crippen molar-refractivity contribution in [1.29, 1.82) is 0 Å². The Morgan fingerprint density at radius 2 is 2.00 bits per heavy atom. The summed E-state index contributed by atoms with van der Waals surface area (Å²) in [4.78, 5) is 25.8. The smallest absolute Gasteiger partial charge is 0.356 e. The molecule has 1 aromatic rings. The Labute approximate surface area is 144 Å². The van der Waals surface area contributed by atoms with E-state index in [0.717, 1.165) is 25.0 Å². The van der Waals surface area contributed by atoms with Gasteiger partial charge in [-0.1, -0.05) is 12.1 Å². The molecule has 1 saturated carbocycles. The van der Waals surface area contributed by atoms with Crippen molar-refractivity contribution in [2.24, 2.45) is 11.8 Å². The van der Waals surface area contributed by atoms with Crippen LogP contribution in [0, 0.1) is 11.8 Å². The van der Waals surface area contributed by atoms with Gasteiger partial charge in [0.05, 0.1) is 11.5 Å². The summed E-state index contributed by atoms with van der Waals surface area (Å²) in [5.41, 5.74) is -0.310. The predicted molar refractivity (Wildman–Crippen MR) is 85.3 cm³/mol. The Bertz CT molecular complexity index is 656. The van der Waals surface area contributed by atoms with Gasteiger partial charge in [0.25, 0.3) is 0 Å². The minimum atomic E-state index is -4.41. The zero-order chi connectivity index (χ0) is 18.0. The standard InChI is InChI=1S/C18H21F3N2O2/c19-18(20,21)15-3-1-2-13(8-15)10-23-11-14(6-7-16(23)24)17(25)22-9-12-4-5-12/h1-3,8,12,14H,4-7,9-11H2,(H,22,25). The summed E-state index contributed by atoms with van der Waals surface area (Å²) in [6.45, 7) is 1.03. The molecule has 1 saturated heterocycles. The maximum atomic E-state index is 12.8. The lowest BCUT2D eigenvalue weighted by Gasteiger charge is -2.32. The molecule has 0 radical (unpaired) electrons. The molecule has 0 aromatic heterocycles. The highest BCUT2D eigenvalue weighted by atomic mass is 19.4. The summed E-state index contributed by atoms with van der Waals surface area (Å²) in [6, 6.07) is 4.98. The van der Waals surface area contributed by atoms with E-state index in [0.29, 0.717) is 24.4 Å². The van der Waals surface area contributed by atoms with Crippen LogP contribution in [0.25, 0.3) is 0 Å². The van der Waals surface area contributed by atoms with Crippen LogP contribution in [0.2, 0.25) is 0 Å². The number of benzene rings is 1. The fraction of sp³-hybridized carbons (Fsp3) is 0.556. The van der Waals surface area contributed by atoms with Crippen LogP contribution in [0.3, 0.4) is 0 Å². The van der Waals surface area contributed by atoms with Gasteiger partial charge in [-0.3, -0.25) is 9.59 Å². The number of piperidine rings is 1. The zero-order valence-electron chi connectivity index (χ0n) is 13.8. The molecule has 1 aromatic carbocycles. The molecular formula is C18H21F3N2O2. The lowest BCUT2D eigenvalue weighted by atomic mass is 9.96. The molecule has 3 rings (SSSR count). The fourth-order valence-electron chi connectivity index (χ4n) is 3.06. The molecule has 1 N–H and O–H groups in total. The van der Waals surface area contributed by atoms with E-state index < -0.39 is 11.7 Å². The van der Waals surface area contributed by atoms with Gasteiger partial charge in [0.1, 0.15) is 0 Å². The molecule has 4 nitrogen and oxygen atoms in total. The average Bonchev–Trinajstić information content (AvgIpc) is 3.38. The van der Waals surface area contributed by atoms with Crippen LogP contribution in [0.5, 0.6) is 0 Å². The number of carbonyl (C=O) groups excluding carboxylic acids is 2. The van der Waals surface area contributed by atoms with Crippen LogP contribution in [0.15, 0.2) is 24.3 Å². The van der Waals surface area contributed by atoms with E-state index in [4.69, 9.17) is 0 Å². The maximum Gasteiger partial charge on any atom is 0.416 e. The van der Waals surface area contributed by atoms with Gasteiger partial charge in [-0.25, -0.2) is 0 Å². The SMILES string of the molecule is O=C(NCC1CC1)C1CCC(=O)N(Cc2cccc(C(F)(F)F)c2)C1. The monoisotopic (exact) mass is 354 g/mol. The van der Waals surface area contributed by atoms with Crippen molar-refractivity contribution in [2.45, 2.75) is 38.4 Å². The first kappa shape index (κ1) is 17.8. The highest BCUT2D eigenvalue weighted by Gasteiger charge is 2.33. The third-order valence-corrected chi connectivity index (χ3v) is 4.76. The van der Waals surface area contributed by atoms with Crippen LogP contribution in [0.1, 0.15) is 36.8 Å². The molecule has 0 bridgehead atoms. The molecule has 1 atom stereocenters. The number of nitrogens with one attached hydrogen (secondary N) is 1. The number of alkyl halides is 3. The van der Waals surface area contributed by atoms with Crippen molar-refractivity contribution in [2.75, 3.05) is 13.1 Å². The van der Waals surface area contributed by atoms with E-state index in [1.807, 2.05) is 0 Å². The topological polar surface area (TPSA) is 49.4 Å². The third kappa shape index (κ3) is 4.74. The predicted octanol–water partition coefficient (Wildman–Crippen LogP) is 2.97. The molecule has 2 amide bonds. The van der Waals surface area contributed by atoms with Crippen molar-refractivity contribution >= 4 is 11.8 Å². The quantitative estimate of drug-likeness (QED) is 0.884. The number of hydrogen-bond donors (Lipinski definition) is 1. The molecular weight excluding hydrogens is 333 g/mol. The molecule has 7 heteroatoms. The Morgan fingerprint density at radius 1 is 1.24 bits per heavy atom. The molecule has 25 heavy (non-hydrogen) atoms. The van der Waals surface area contributed by atoms with Crippen LogP contribution < -0.4 is 5.32 Å².